The fraction of sp³-hybridized carbons (Fsp3) is 0.278. The van der Waals surface area contributed by atoms with Crippen LogP contribution in [0.3, 0.4) is 0 Å². The molecule has 1 heterocycles. The Balaban J connectivity index is 1.87. The predicted molar refractivity (Wildman–Crippen MR) is 103 cm³/mol. The third-order valence-corrected chi connectivity index (χ3v) is 6.15. The summed E-state index contributed by atoms with van der Waals surface area (Å²) in [5.74, 6) is -0.328. The van der Waals surface area contributed by atoms with Gasteiger partial charge in [0, 0.05) is 38.3 Å². The van der Waals surface area contributed by atoms with Crippen LogP contribution in [0.25, 0.3) is 0 Å². The molecule has 1 aliphatic rings. The first-order valence-electron chi connectivity index (χ1n) is 7.43. The number of hydrogen-bond acceptors (Lipinski definition) is 2. The fourth-order valence-corrected chi connectivity index (χ4v) is 4.58. The van der Waals surface area contributed by atoms with Gasteiger partial charge in [-0.15, -0.1) is 0 Å². The van der Waals surface area contributed by atoms with Crippen LogP contribution in [0.2, 0.25) is 10.0 Å². The van der Waals surface area contributed by atoms with Gasteiger partial charge < -0.3 is 4.79 Å². The van der Waals surface area contributed by atoms with E-state index in [9.17, 15) is 4.79 Å². The summed E-state index contributed by atoms with van der Waals surface area (Å²) in [5.41, 5.74) is 3.42. The van der Waals surface area contributed by atoms with Crippen molar-refractivity contribution in [3.63, 3.8) is 0 Å². The molecule has 3 rings (SSSR count). The van der Waals surface area contributed by atoms with E-state index in [1.165, 1.54) is 14.7 Å². The summed E-state index contributed by atoms with van der Waals surface area (Å²) in [6, 6.07) is 12.0. The van der Waals surface area contributed by atoms with Crippen molar-refractivity contribution < 1.29 is 4.79 Å². The number of benzene rings is 2. The maximum atomic E-state index is 11.7. The summed E-state index contributed by atoms with van der Waals surface area (Å²) in [6.07, 6.45) is 0.952. The molecule has 0 aromatic heterocycles. The summed E-state index contributed by atoms with van der Waals surface area (Å²) < 4.78 is 1.27. The van der Waals surface area contributed by atoms with Gasteiger partial charge in [-0.1, -0.05) is 41.4 Å². The van der Waals surface area contributed by atoms with Crippen molar-refractivity contribution in [2.75, 3.05) is 6.54 Å². The second-order valence-corrected chi connectivity index (χ2v) is 7.77. The van der Waals surface area contributed by atoms with E-state index >= 15 is 0 Å². The van der Waals surface area contributed by atoms with Crippen LogP contribution in [-0.2, 0) is 11.3 Å². The number of hydrogen-bond donors (Lipinski definition) is 0. The lowest BCUT2D eigenvalue weighted by Gasteiger charge is -2.25. The highest BCUT2D eigenvalue weighted by Crippen LogP contribution is 2.38. The first-order valence-corrected chi connectivity index (χ1v) is 9.27. The Labute approximate surface area is 159 Å². The lowest BCUT2D eigenvalue weighted by Crippen LogP contribution is -2.27. The Hall–Kier alpha value is -0.620. The molecule has 0 aliphatic carbocycles. The van der Waals surface area contributed by atoms with Crippen LogP contribution in [0.15, 0.2) is 36.4 Å². The molecule has 0 saturated carbocycles. The third-order valence-electron chi connectivity index (χ3n) is 4.48. The van der Waals surface area contributed by atoms with Gasteiger partial charge in [0.15, 0.2) is 0 Å². The number of carbonyl (C=O) groups excluding carboxylic acids is 1. The van der Waals surface area contributed by atoms with Crippen LogP contribution in [0.5, 0.6) is 0 Å². The maximum absolute atomic E-state index is 11.7. The van der Waals surface area contributed by atoms with Crippen molar-refractivity contribution in [3.8, 4) is 0 Å². The number of carbonyl (C=O) groups is 1. The molecule has 0 spiro atoms. The van der Waals surface area contributed by atoms with Crippen molar-refractivity contribution in [2.45, 2.75) is 25.4 Å². The zero-order valence-electron chi connectivity index (χ0n) is 12.6. The van der Waals surface area contributed by atoms with Gasteiger partial charge >= 0.3 is 0 Å². The highest BCUT2D eigenvalue weighted by molar-refractivity contribution is 14.1. The molecule has 2 nitrogen and oxygen atoms in total. The van der Waals surface area contributed by atoms with Gasteiger partial charge in [-0.05, 0) is 58.8 Å². The Kier molecular flexibility index (Phi) is 5.31. The van der Waals surface area contributed by atoms with E-state index < -0.39 is 0 Å². The summed E-state index contributed by atoms with van der Waals surface area (Å²) in [6.45, 7) is 3.64. The molecule has 2 aromatic rings. The molecule has 5 heteroatoms. The molecule has 23 heavy (non-hydrogen) atoms. The van der Waals surface area contributed by atoms with Crippen LogP contribution >= 0.6 is 45.8 Å². The predicted octanol–water partition coefficient (Wildman–Crippen LogP) is 5.46. The van der Waals surface area contributed by atoms with E-state index in [0.717, 1.165) is 18.4 Å². The highest BCUT2D eigenvalue weighted by atomic mass is 127. The molecule has 0 saturated heterocycles. The van der Waals surface area contributed by atoms with Crippen LogP contribution in [-0.4, -0.2) is 17.7 Å². The monoisotopic (exact) mass is 459 g/mol. The molecule has 0 fully saturated rings. The van der Waals surface area contributed by atoms with Gasteiger partial charge in [-0.3, -0.25) is 4.90 Å². The second-order valence-electron chi connectivity index (χ2n) is 5.79. The van der Waals surface area contributed by atoms with E-state index in [-0.39, 0.29) is 12.0 Å². The number of fused-ring (bicyclic) bond motifs is 1. The minimum absolute atomic E-state index is 0.281. The molecule has 120 valence electrons. The topological polar surface area (TPSA) is 20.3 Å². The lowest BCUT2D eigenvalue weighted by molar-refractivity contribution is -0.109. The van der Waals surface area contributed by atoms with Gasteiger partial charge in [-0.25, -0.2) is 0 Å². The average Bonchev–Trinajstić information content (AvgIpc) is 2.84. The SMILES string of the molecule is C[C@H]1c2cccc(I)c2CN1CC(C=O)c1c(Cl)cccc1Cl. The third kappa shape index (κ3) is 3.29. The van der Waals surface area contributed by atoms with Crippen molar-refractivity contribution in [3.05, 3.63) is 66.7 Å². The Morgan fingerprint density at radius 1 is 1.26 bits per heavy atom. The van der Waals surface area contributed by atoms with Crippen molar-refractivity contribution in [2.24, 2.45) is 0 Å². The summed E-state index contributed by atoms with van der Waals surface area (Å²) in [4.78, 5) is 14.0. The Morgan fingerprint density at radius 2 is 1.91 bits per heavy atom. The molecule has 0 bridgehead atoms. The van der Waals surface area contributed by atoms with Gasteiger partial charge in [0.05, 0.1) is 5.92 Å². The first kappa shape index (κ1) is 17.2. The van der Waals surface area contributed by atoms with Crippen LogP contribution in [0.4, 0.5) is 0 Å². The molecule has 1 unspecified atom stereocenters. The van der Waals surface area contributed by atoms with E-state index in [0.29, 0.717) is 16.6 Å². The molecule has 1 aliphatic heterocycles. The Morgan fingerprint density at radius 3 is 2.52 bits per heavy atom. The van der Waals surface area contributed by atoms with Gasteiger partial charge in [-0.2, -0.15) is 0 Å². The highest BCUT2D eigenvalue weighted by Gasteiger charge is 2.31. The average molecular weight is 460 g/mol. The zero-order chi connectivity index (χ0) is 16.6. The molecule has 0 radical (unpaired) electrons. The van der Waals surface area contributed by atoms with Crippen molar-refractivity contribution in [1.82, 2.24) is 4.90 Å². The minimum Gasteiger partial charge on any atom is -0.303 e. The van der Waals surface area contributed by atoms with E-state index in [1.54, 1.807) is 18.2 Å². The molecular weight excluding hydrogens is 444 g/mol. The van der Waals surface area contributed by atoms with Gasteiger partial charge in [0.2, 0.25) is 0 Å². The molecule has 0 N–H and O–H groups in total. The molecule has 2 atom stereocenters. The van der Waals surface area contributed by atoms with Gasteiger partial charge in [0.1, 0.15) is 6.29 Å². The number of halogens is 3. The number of aldehydes is 1. The van der Waals surface area contributed by atoms with Crippen molar-refractivity contribution >= 4 is 52.1 Å². The molecular formula is C18H16Cl2INO. The quantitative estimate of drug-likeness (QED) is 0.447. The maximum Gasteiger partial charge on any atom is 0.128 e. The van der Waals surface area contributed by atoms with Gasteiger partial charge in [0.25, 0.3) is 0 Å². The lowest BCUT2D eigenvalue weighted by atomic mass is 9.99. The second kappa shape index (κ2) is 7.09. The number of nitrogens with zero attached hydrogens (tertiary/aromatic N) is 1. The summed E-state index contributed by atoms with van der Waals surface area (Å²) >= 11 is 14.9. The van der Waals surface area contributed by atoms with E-state index in [1.807, 2.05) is 0 Å². The molecule has 0 amide bonds. The Bertz CT molecular complexity index is 730. The van der Waals surface area contributed by atoms with E-state index in [2.05, 4.69) is 52.6 Å². The number of rotatable bonds is 4. The van der Waals surface area contributed by atoms with Crippen LogP contribution in [0, 0.1) is 3.57 Å². The first-order chi connectivity index (χ1) is 11.0. The van der Waals surface area contributed by atoms with Crippen molar-refractivity contribution in [1.29, 1.82) is 0 Å². The largest absolute Gasteiger partial charge is 0.303 e. The van der Waals surface area contributed by atoms with E-state index in [4.69, 9.17) is 23.2 Å². The van der Waals surface area contributed by atoms with Crippen LogP contribution in [0.1, 0.15) is 35.6 Å². The van der Waals surface area contributed by atoms with Crippen LogP contribution < -0.4 is 0 Å². The standard InChI is InChI=1S/C18H16Cl2INO/c1-11-13-4-2-7-17(21)14(13)9-22(11)8-12(10-23)18-15(19)5-3-6-16(18)20/h2-7,10-12H,8-9H2,1H3/t11-,12?/m0/s1. The minimum atomic E-state index is -0.328. The fourth-order valence-electron chi connectivity index (χ4n) is 3.21. The summed E-state index contributed by atoms with van der Waals surface area (Å²) in [7, 11) is 0. The summed E-state index contributed by atoms with van der Waals surface area (Å²) in [5, 5.41) is 1.10. The molecule has 2 aromatic carbocycles. The zero-order valence-corrected chi connectivity index (χ0v) is 16.3. The smallest absolute Gasteiger partial charge is 0.128 e. The normalized spacial score (nSPS) is 18.7.